The zero-order valence-electron chi connectivity index (χ0n) is 19.1. The number of carboxylic acids is 1. The highest BCUT2D eigenvalue weighted by Gasteiger charge is 2.39. The Morgan fingerprint density at radius 2 is 1.59 bits per heavy atom. The Morgan fingerprint density at radius 3 is 2.21 bits per heavy atom. The van der Waals surface area contributed by atoms with Gasteiger partial charge in [-0.2, -0.15) is 0 Å². The summed E-state index contributed by atoms with van der Waals surface area (Å²) in [5.41, 5.74) is 4.70. The molecule has 0 spiro atoms. The van der Waals surface area contributed by atoms with Crippen molar-refractivity contribution in [3.8, 4) is 11.1 Å². The average Bonchev–Trinajstić information content (AvgIpc) is 3.11. The first-order chi connectivity index (χ1) is 16.5. The van der Waals surface area contributed by atoms with Crippen molar-refractivity contribution in [1.82, 2.24) is 10.2 Å². The second-order valence-electron chi connectivity index (χ2n) is 9.55. The third-order valence-electron chi connectivity index (χ3n) is 7.62. The molecule has 178 valence electrons. The minimum absolute atomic E-state index is 0.00116. The molecule has 0 aromatic heterocycles. The van der Waals surface area contributed by atoms with E-state index in [0.717, 1.165) is 25.7 Å². The van der Waals surface area contributed by atoms with Crippen LogP contribution in [0, 0.1) is 5.92 Å². The largest absolute Gasteiger partial charge is 0.480 e. The number of carbonyl (C=O) groups is 3. The number of hydrogen-bond acceptors (Lipinski definition) is 4. The molecule has 1 unspecified atom stereocenters. The number of nitrogens with zero attached hydrogens (tertiary/aromatic N) is 1. The monoisotopic (exact) mass is 462 g/mol. The standard InChI is InChI=1S/C27H30N2O5/c30-25(29-14-13-24(29)26(31)32)15-17-7-1-6-12-23(17)28-27(33)34-16-22-20-10-4-2-8-18(20)19-9-3-5-11-21(19)22/h2-5,8-11,17,22-24H,1,6-7,12-16H2,(H,28,33)(H,31,32)/t17-,23-,24?/m0/s1. The average molecular weight is 463 g/mol. The van der Waals surface area contributed by atoms with E-state index >= 15 is 0 Å². The number of benzene rings is 2. The fourth-order valence-corrected chi connectivity index (χ4v) is 5.72. The number of likely N-dealkylation sites (tertiary alicyclic amines) is 1. The van der Waals surface area contributed by atoms with Crippen molar-refractivity contribution in [2.45, 2.75) is 56.5 Å². The van der Waals surface area contributed by atoms with Crippen LogP contribution in [0.25, 0.3) is 11.1 Å². The van der Waals surface area contributed by atoms with Crippen LogP contribution < -0.4 is 5.32 Å². The minimum atomic E-state index is -0.948. The van der Waals surface area contributed by atoms with Gasteiger partial charge in [-0.25, -0.2) is 9.59 Å². The molecule has 1 aliphatic heterocycles. The van der Waals surface area contributed by atoms with Crippen LogP contribution in [-0.4, -0.2) is 53.2 Å². The van der Waals surface area contributed by atoms with E-state index in [2.05, 4.69) is 29.6 Å². The van der Waals surface area contributed by atoms with E-state index in [1.54, 1.807) is 0 Å². The fourth-order valence-electron chi connectivity index (χ4n) is 5.72. The molecule has 7 heteroatoms. The third-order valence-corrected chi connectivity index (χ3v) is 7.62. The Kier molecular flexibility index (Phi) is 6.26. The number of nitrogens with one attached hydrogen (secondary N) is 1. The second kappa shape index (κ2) is 9.49. The number of alkyl carbamates (subject to hydrolysis) is 1. The van der Waals surface area contributed by atoms with Gasteiger partial charge in [-0.1, -0.05) is 61.4 Å². The normalized spacial score (nSPS) is 23.4. The summed E-state index contributed by atoms with van der Waals surface area (Å²) in [5, 5.41) is 12.2. The topological polar surface area (TPSA) is 95.9 Å². The van der Waals surface area contributed by atoms with E-state index < -0.39 is 18.1 Å². The molecule has 2 aliphatic carbocycles. The number of ether oxygens (including phenoxy) is 1. The second-order valence-corrected chi connectivity index (χ2v) is 9.55. The molecule has 2 aromatic carbocycles. The van der Waals surface area contributed by atoms with Crippen molar-refractivity contribution in [2.24, 2.45) is 5.92 Å². The molecule has 0 radical (unpaired) electrons. The van der Waals surface area contributed by atoms with Gasteiger partial charge in [0.15, 0.2) is 0 Å². The van der Waals surface area contributed by atoms with E-state index in [1.165, 1.54) is 27.2 Å². The molecule has 1 saturated carbocycles. The lowest BCUT2D eigenvalue weighted by Crippen LogP contribution is -2.56. The Labute approximate surface area is 199 Å². The van der Waals surface area contributed by atoms with Crippen molar-refractivity contribution in [2.75, 3.05) is 13.2 Å². The van der Waals surface area contributed by atoms with Crippen molar-refractivity contribution < 1.29 is 24.2 Å². The molecule has 3 aliphatic rings. The van der Waals surface area contributed by atoms with Crippen LogP contribution in [0.1, 0.15) is 55.6 Å². The lowest BCUT2D eigenvalue weighted by molar-refractivity contribution is -0.157. The predicted octanol–water partition coefficient (Wildman–Crippen LogP) is 4.16. The molecule has 2 fully saturated rings. The summed E-state index contributed by atoms with van der Waals surface area (Å²) in [6.45, 7) is 0.747. The number of carboxylic acid groups (broad SMARTS) is 1. The van der Waals surface area contributed by atoms with E-state index in [1.807, 2.05) is 24.3 Å². The number of fused-ring (bicyclic) bond motifs is 3. The number of amides is 2. The maximum Gasteiger partial charge on any atom is 0.407 e. The summed E-state index contributed by atoms with van der Waals surface area (Å²) >= 11 is 0. The van der Waals surface area contributed by atoms with Gasteiger partial charge in [0.25, 0.3) is 0 Å². The number of rotatable bonds is 6. The van der Waals surface area contributed by atoms with Crippen LogP contribution in [0.5, 0.6) is 0 Å². The molecule has 1 saturated heterocycles. The lowest BCUT2D eigenvalue weighted by atomic mass is 9.81. The highest BCUT2D eigenvalue weighted by molar-refractivity contribution is 5.85. The summed E-state index contributed by atoms with van der Waals surface area (Å²) < 4.78 is 5.70. The van der Waals surface area contributed by atoms with Crippen molar-refractivity contribution >= 4 is 18.0 Å². The minimum Gasteiger partial charge on any atom is -0.480 e. The van der Waals surface area contributed by atoms with Gasteiger partial charge in [-0.3, -0.25) is 4.79 Å². The first kappa shape index (κ1) is 22.4. The number of hydrogen-bond donors (Lipinski definition) is 2. The summed E-state index contributed by atoms with van der Waals surface area (Å²) in [6, 6.07) is 15.6. The number of carbonyl (C=O) groups excluding carboxylic acids is 2. The zero-order chi connectivity index (χ0) is 23.7. The summed E-state index contributed by atoms with van der Waals surface area (Å²) in [4.78, 5) is 38.2. The summed E-state index contributed by atoms with van der Waals surface area (Å²) in [7, 11) is 0. The van der Waals surface area contributed by atoms with Crippen LogP contribution in [0.4, 0.5) is 4.79 Å². The van der Waals surface area contributed by atoms with Gasteiger partial charge in [0.2, 0.25) is 5.91 Å². The Bertz CT molecular complexity index is 1050. The van der Waals surface area contributed by atoms with Gasteiger partial charge in [0.1, 0.15) is 12.6 Å². The van der Waals surface area contributed by atoms with Gasteiger partial charge in [0, 0.05) is 24.9 Å². The van der Waals surface area contributed by atoms with Crippen LogP contribution >= 0.6 is 0 Å². The van der Waals surface area contributed by atoms with Crippen LogP contribution in [0.15, 0.2) is 48.5 Å². The zero-order valence-corrected chi connectivity index (χ0v) is 19.1. The van der Waals surface area contributed by atoms with E-state index in [0.29, 0.717) is 13.0 Å². The Morgan fingerprint density at radius 1 is 0.941 bits per heavy atom. The Hall–Kier alpha value is -3.35. The highest BCUT2D eigenvalue weighted by Crippen LogP contribution is 2.44. The van der Waals surface area contributed by atoms with Crippen molar-refractivity contribution in [3.05, 3.63) is 59.7 Å². The van der Waals surface area contributed by atoms with Gasteiger partial charge >= 0.3 is 12.1 Å². The molecule has 1 heterocycles. The van der Waals surface area contributed by atoms with Gasteiger partial charge in [-0.05, 0) is 47.4 Å². The highest BCUT2D eigenvalue weighted by atomic mass is 16.5. The van der Waals surface area contributed by atoms with Gasteiger partial charge < -0.3 is 20.1 Å². The molecule has 3 atom stereocenters. The fraction of sp³-hybridized carbons (Fsp3) is 0.444. The van der Waals surface area contributed by atoms with E-state index in [-0.39, 0.29) is 36.8 Å². The predicted molar refractivity (Wildman–Crippen MR) is 126 cm³/mol. The van der Waals surface area contributed by atoms with Gasteiger partial charge in [0.05, 0.1) is 0 Å². The van der Waals surface area contributed by atoms with E-state index in [4.69, 9.17) is 4.74 Å². The smallest absolute Gasteiger partial charge is 0.407 e. The molecule has 34 heavy (non-hydrogen) atoms. The molecule has 0 bridgehead atoms. The first-order valence-electron chi connectivity index (χ1n) is 12.2. The third kappa shape index (κ3) is 4.27. The van der Waals surface area contributed by atoms with E-state index in [9.17, 15) is 19.5 Å². The Balaban J connectivity index is 1.19. The van der Waals surface area contributed by atoms with Crippen LogP contribution in [0.3, 0.4) is 0 Å². The summed E-state index contributed by atoms with van der Waals surface area (Å²) in [5.74, 6) is -1.08. The maximum atomic E-state index is 12.8. The first-order valence-corrected chi connectivity index (χ1v) is 12.2. The van der Waals surface area contributed by atoms with Crippen LogP contribution in [-0.2, 0) is 14.3 Å². The SMILES string of the molecule is O=C(N[C@H]1CCCC[C@H]1CC(=O)N1CCC1C(=O)O)OCC1c2ccccc2-c2ccccc21. The molecule has 2 aromatic rings. The summed E-state index contributed by atoms with van der Waals surface area (Å²) in [6.07, 6.45) is 3.93. The molecular weight excluding hydrogens is 432 g/mol. The maximum absolute atomic E-state index is 12.8. The molecule has 5 rings (SSSR count). The quantitative estimate of drug-likeness (QED) is 0.672. The molecule has 7 nitrogen and oxygen atoms in total. The number of aliphatic carboxylic acids is 1. The van der Waals surface area contributed by atoms with Crippen molar-refractivity contribution in [3.63, 3.8) is 0 Å². The lowest BCUT2D eigenvalue weighted by Gasteiger charge is -2.40. The van der Waals surface area contributed by atoms with Crippen molar-refractivity contribution in [1.29, 1.82) is 0 Å². The molecule has 2 N–H and O–H groups in total. The molecular formula is C27H30N2O5. The molecule has 2 amide bonds. The van der Waals surface area contributed by atoms with Crippen LogP contribution in [0.2, 0.25) is 0 Å². The van der Waals surface area contributed by atoms with Gasteiger partial charge in [-0.15, -0.1) is 0 Å².